The van der Waals surface area contributed by atoms with Crippen LogP contribution in [0, 0.1) is 0 Å². The zero-order chi connectivity index (χ0) is 9.97. The lowest BCUT2D eigenvalue weighted by Crippen LogP contribution is -2.02. The molecule has 1 N–H and O–H groups in total. The summed E-state index contributed by atoms with van der Waals surface area (Å²) in [4.78, 5) is 0. The van der Waals surface area contributed by atoms with Gasteiger partial charge >= 0.3 is 7.69 Å². The Balaban J connectivity index is 2.38. The minimum absolute atomic E-state index is 0.579. The van der Waals surface area contributed by atoms with Crippen molar-refractivity contribution in [2.24, 2.45) is 0 Å². The molecule has 0 fully saturated rings. The lowest BCUT2D eigenvalue weighted by Gasteiger charge is -2.10. The monoisotopic (exact) mass is 191 g/mol. The average molecular weight is 191 g/mol. The minimum atomic E-state index is 0.579. The van der Waals surface area contributed by atoms with Gasteiger partial charge in [0.05, 0.1) is 7.11 Å². The Labute approximate surface area is 84.0 Å². The van der Waals surface area contributed by atoms with Crippen molar-refractivity contribution in [1.29, 1.82) is 0 Å². The Kier molecular flexibility index (Phi) is 2.63. The maximum absolute atomic E-state index is 8.59. The fourth-order valence-corrected chi connectivity index (χ4v) is 1.89. The standard InChI is InChI=1S/C10H12BO3/c1-13-9-5-7-3-2-4-8(7)6-10(9)14-11-12/h5-6,12H,2-4H2,1H3. The summed E-state index contributed by atoms with van der Waals surface area (Å²) < 4.78 is 10.1. The van der Waals surface area contributed by atoms with Gasteiger partial charge in [0.15, 0.2) is 5.75 Å². The zero-order valence-electron chi connectivity index (χ0n) is 8.12. The third-order valence-electron chi connectivity index (χ3n) is 2.56. The maximum Gasteiger partial charge on any atom is 0.569 e. The summed E-state index contributed by atoms with van der Waals surface area (Å²) in [6, 6.07) is 3.93. The summed E-state index contributed by atoms with van der Waals surface area (Å²) in [5, 5.41) is 8.59. The van der Waals surface area contributed by atoms with E-state index in [4.69, 9.17) is 14.4 Å². The van der Waals surface area contributed by atoms with E-state index in [2.05, 4.69) is 0 Å². The van der Waals surface area contributed by atoms with Crippen molar-refractivity contribution in [2.75, 3.05) is 7.11 Å². The van der Waals surface area contributed by atoms with Gasteiger partial charge in [0.2, 0.25) is 0 Å². The van der Waals surface area contributed by atoms with Crippen molar-refractivity contribution < 1.29 is 14.4 Å². The van der Waals surface area contributed by atoms with E-state index in [9.17, 15) is 0 Å². The number of rotatable bonds is 3. The van der Waals surface area contributed by atoms with Crippen molar-refractivity contribution in [3.63, 3.8) is 0 Å². The summed E-state index contributed by atoms with van der Waals surface area (Å²) in [6.07, 6.45) is 3.38. The summed E-state index contributed by atoms with van der Waals surface area (Å²) in [7, 11) is 2.28. The Hall–Kier alpha value is -1.16. The molecule has 14 heavy (non-hydrogen) atoms. The fraction of sp³-hybridized carbons (Fsp3) is 0.400. The molecule has 1 aromatic carbocycles. The van der Waals surface area contributed by atoms with E-state index in [1.165, 1.54) is 17.5 Å². The lowest BCUT2D eigenvalue weighted by molar-refractivity contribution is 0.381. The number of ether oxygens (including phenoxy) is 1. The van der Waals surface area contributed by atoms with Crippen molar-refractivity contribution in [3.05, 3.63) is 23.3 Å². The number of methoxy groups -OCH3 is 1. The Morgan fingerprint density at radius 3 is 2.43 bits per heavy atom. The van der Waals surface area contributed by atoms with Crippen LogP contribution in [-0.2, 0) is 12.8 Å². The van der Waals surface area contributed by atoms with Crippen LogP contribution in [0.4, 0.5) is 0 Å². The van der Waals surface area contributed by atoms with Crippen LogP contribution in [-0.4, -0.2) is 19.8 Å². The van der Waals surface area contributed by atoms with Gasteiger partial charge in [0, 0.05) is 0 Å². The van der Waals surface area contributed by atoms with Gasteiger partial charge in [-0.25, -0.2) is 0 Å². The van der Waals surface area contributed by atoms with Gasteiger partial charge in [0.1, 0.15) is 5.75 Å². The average Bonchev–Trinajstić information content (AvgIpc) is 2.64. The van der Waals surface area contributed by atoms with E-state index in [0.717, 1.165) is 12.8 Å². The summed E-state index contributed by atoms with van der Waals surface area (Å²) in [6.45, 7) is 0. The molecular formula is C10H12BO3. The molecule has 3 nitrogen and oxygen atoms in total. The molecule has 0 spiro atoms. The number of hydrogen-bond acceptors (Lipinski definition) is 3. The molecule has 0 saturated carbocycles. The first-order valence-corrected chi connectivity index (χ1v) is 4.67. The molecule has 0 aliphatic heterocycles. The first-order chi connectivity index (χ1) is 6.85. The number of aryl methyl sites for hydroxylation is 2. The van der Waals surface area contributed by atoms with Crippen molar-refractivity contribution >= 4 is 7.69 Å². The quantitative estimate of drug-likeness (QED) is 0.726. The molecule has 0 atom stereocenters. The second-order valence-electron chi connectivity index (χ2n) is 3.35. The van der Waals surface area contributed by atoms with E-state index in [1.807, 2.05) is 12.1 Å². The number of benzene rings is 1. The van der Waals surface area contributed by atoms with Gasteiger partial charge in [-0.15, -0.1) is 0 Å². The largest absolute Gasteiger partial charge is 0.569 e. The van der Waals surface area contributed by atoms with Crippen LogP contribution in [0.3, 0.4) is 0 Å². The highest BCUT2D eigenvalue weighted by atomic mass is 16.5. The fourth-order valence-electron chi connectivity index (χ4n) is 1.89. The molecule has 73 valence electrons. The SMILES string of the molecule is COc1cc2c(cc1O[B]O)CCC2. The third kappa shape index (κ3) is 1.57. The zero-order valence-corrected chi connectivity index (χ0v) is 8.12. The molecule has 0 heterocycles. The molecule has 0 bridgehead atoms. The Morgan fingerprint density at radius 2 is 1.86 bits per heavy atom. The number of fused-ring (bicyclic) bond motifs is 1. The van der Waals surface area contributed by atoms with Crippen LogP contribution in [0.25, 0.3) is 0 Å². The topological polar surface area (TPSA) is 38.7 Å². The summed E-state index contributed by atoms with van der Waals surface area (Å²) >= 11 is 0. The molecule has 0 aromatic heterocycles. The van der Waals surface area contributed by atoms with E-state index >= 15 is 0 Å². The first-order valence-electron chi connectivity index (χ1n) is 4.67. The van der Waals surface area contributed by atoms with E-state index < -0.39 is 0 Å². The highest BCUT2D eigenvalue weighted by molar-refractivity contribution is 6.17. The summed E-state index contributed by atoms with van der Waals surface area (Å²) in [5.41, 5.74) is 2.62. The van der Waals surface area contributed by atoms with Crippen molar-refractivity contribution in [1.82, 2.24) is 0 Å². The first kappa shape index (κ1) is 9.40. The van der Waals surface area contributed by atoms with Gasteiger partial charge in [0.25, 0.3) is 0 Å². The molecule has 0 amide bonds. The van der Waals surface area contributed by atoms with Gasteiger partial charge in [-0.3, -0.25) is 0 Å². The minimum Gasteiger partial charge on any atom is -0.535 e. The van der Waals surface area contributed by atoms with Gasteiger partial charge in [-0.05, 0) is 42.5 Å². The van der Waals surface area contributed by atoms with E-state index in [-0.39, 0.29) is 0 Å². The molecule has 1 aliphatic rings. The van der Waals surface area contributed by atoms with Crippen LogP contribution in [0.2, 0.25) is 0 Å². The Bertz CT molecular complexity index is 338. The smallest absolute Gasteiger partial charge is 0.535 e. The summed E-state index contributed by atoms with van der Waals surface area (Å²) in [5.74, 6) is 1.26. The predicted molar refractivity (Wildman–Crippen MR) is 53.6 cm³/mol. The molecule has 0 unspecified atom stereocenters. The Morgan fingerprint density at radius 1 is 1.21 bits per heavy atom. The molecule has 1 aliphatic carbocycles. The second kappa shape index (κ2) is 3.92. The highest BCUT2D eigenvalue weighted by Gasteiger charge is 2.15. The number of hydrogen-bond donors (Lipinski definition) is 1. The van der Waals surface area contributed by atoms with Gasteiger partial charge in [-0.1, -0.05) is 0 Å². The third-order valence-corrected chi connectivity index (χ3v) is 2.56. The molecule has 1 radical (unpaired) electrons. The van der Waals surface area contributed by atoms with Crippen molar-refractivity contribution in [3.8, 4) is 11.5 Å². The second-order valence-corrected chi connectivity index (χ2v) is 3.35. The maximum atomic E-state index is 8.59. The van der Waals surface area contributed by atoms with Crippen LogP contribution in [0.5, 0.6) is 11.5 Å². The predicted octanol–water partition coefficient (Wildman–Crippen LogP) is 1.09. The van der Waals surface area contributed by atoms with Gasteiger partial charge in [-0.2, -0.15) is 0 Å². The van der Waals surface area contributed by atoms with Crippen molar-refractivity contribution in [2.45, 2.75) is 19.3 Å². The van der Waals surface area contributed by atoms with E-state index in [0.29, 0.717) is 19.2 Å². The lowest BCUT2D eigenvalue weighted by atomic mass is 10.1. The normalized spacial score (nSPS) is 13.6. The molecule has 0 saturated heterocycles. The van der Waals surface area contributed by atoms with Crippen LogP contribution >= 0.6 is 0 Å². The molecular weight excluding hydrogens is 179 g/mol. The molecule has 4 heteroatoms. The molecule has 1 aromatic rings. The highest BCUT2D eigenvalue weighted by Crippen LogP contribution is 2.34. The van der Waals surface area contributed by atoms with Crippen LogP contribution < -0.4 is 9.39 Å². The van der Waals surface area contributed by atoms with Crippen LogP contribution in [0.15, 0.2) is 12.1 Å². The van der Waals surface area contributed by atoms with Crippen LogP contribution in [0.1, 0.15) is 17.5 Å². The van der Waals surface area contributed by atoms with E-state index in [1.54, 1.807) is 7.11 Å². The van der Waals surface area contributed by atoms with Gasteiger partial charge < -0.3 is 14.4 Å². The molecule has 2 rings (SSSR count).